The van der Waals surface area contributed by atoms with Gasteiger partial charge in [0, 0.05) is 27.5 Å². The van der Waals surface area contributed by atoms with E-state index in [9.17, 15) is 9.90 Å². The molecule has 0 bridgehead atoms. The van der Waals surface area contributed by atoms with Crippen molar-refractivity contribution in [3.8, 4) is 0 Å². The van der Waals surface area contributed by atoms with Crippen molar-refractivity contribution in [3.05, 3.63) is 60.2 Å². The SMILES string of the molecule is [3H]CC1(CO)CCN(C(=O)CCCc2ccc3ccc4cccc5ccc2c3c45)CC1. The summed E-state index contributed by atoms with van der Waals surface area (Å²) in [5, 5.41) is 17.4. The lowest BCUT2D eigenvalue weighted by Gasteiger charge is -2.38. The fourth-order valence-corrected chi connectivity index (χ4v) is 4.99. The van der Waals surface area contributed by atoms with Gasteiger partial charge in [-0.05, 0) is 69.0 Å². The summed E-state index contributed by atoms with van der Waals surface area (Å²) in [7, 11) is 0. The minimum Gasteiger partial charge on any atom is -0.396 e. The molecule has 5 rings (SSSR count). The Bertz CT molecular complexity index is 1200. The third kappa shape index (κ3) is 3.31. The van der Waals surface area contributed by atoms with Gasteiger partial charge in [-0.3, -0.25) is 4.79 Å². The van der Waals surface area contributed by atoms with Gasteiger partial charge < -0.3 is 10.0 Å². The highest BCUT2D eigenvalue weighted by Gasteiger charge is 2.30. The molecule has 0 spiro atoms. The molecule has 4 aromatic rings. The molecule has 1 aliphatic heterocycles. The fraction of sp³-hybridized carbons (Fsp3) is 0.370. The fourth-order valence-electron chi connectivity index (χ4n) is 4.99. The van der Waals surface area contributed by atoms with Crippen LogP contribution in [0.25, 0.3) is 32.3 Å². The van der Waals surface area contributed by atoms with E-state index >= 15 is 0 Å². The van der Waals surface area contributed by atoms with Crippen molar-refractivity contribution in [1.82, 2.24) is 4.90 Å². The van der Waals surface area contributed by atoms with Crippen LogP contribution in [0.15, 0.2) is 54.6 Å². The Labute approximate surface area is 179 Å². The highest BCUT2D eigenvalue weighted by atomic mass is 16.3. The standard InChI is InChI=1S/C27H29NO2/c1-27(18-29)14-16-28(17-15-27)24(30)7-3-4-19-8-9-22-11-10-20-5-2-6-21-12-13-23(19)26(22)25(20)21/h2,5-6,8-13,29H,3-4,7,14-18H2,1H3/i1T. The molecule has 1 amide bonds. The number of nitrogens with zero attached hydrogens (tertiary/aromatic N) is 1. The summed E-state index contributed by atoms with van der Waals surface area (Å²) in [6.45, 7) is 1.61. The highest BCUT2D eigenvalue weighted by Crippen LogP contribution is 2.36. The summed E-state index contributed by atoms with van der Waals surface area (Å²) < 4.78 is 7.71. The van der Waals surface area contributed by atoms with Crippen LogP contribution in [0, 0.1) is 5.41 Å². The average molecular weight is 402 g/mol. The van der Waals surface area contributed by atoms with Crippen molar-refractivity contribution in [2.24, 2.45) is 5.41 Å². The van der Waals surface area contributed by atoms with Crippen molar-refractivity contribution >= 4 is 38.2 Å². The van der Waals surface area contributed by atoms with E-state index < -0.39 is 0 Å². The topological polar surface area (TPSA) is 40.5 Å². The van der Waals surface area contributed by atoms with Crippen LogP contribution in [0.3, 0.4) is 0 Å². The van der Waals surface area contributed by atoms with Gasteiger partial charge in [0.05, 0.1) is 0 Å². The molecule has 154 valence electrons. The second-order valence-electron chi connectivity index (χ2n) is 8.97. The molecule has 1 saturated heterocycles. The Kier molecular flexibility index (Phi) is 4.57. The number of aryl methyl sites for hydroxylation is 1. The van der Waals surface area contributed by atoms with Crippen LogP contribution in [0.4, 0.5) is 0 Å². The number of amides is 1. The molecule has 0 radical (unpaired) electrons. The molecular weight excluding hydrogens is 370 g/mol. The third-order valence-electron chi connectivity index (χ3n) is 6.97. The van der Waals surface area contributed by atoms with E-state index in [1.807, 2.05) is 4.90 Å². The van der Waals surface area contributed by atoms with E-state index in [-0.39, 0.29) is 24.8 Å². The van der Waals surface area contributed by atoms with Gasteiger partial charge >= 0.3 is 0 Å². The molecule has 1 N–H and O–H groups in total. The molecule has 4 aromatic carbocycles. The summed E-state index contributed by atoms with van der Waals surface area (Å²) in [4.78, 5) is 14.7. The Hall–Kier alpha value is -2.65. The molecule has 0 saturated carbocycles. The molecule has 0 aromatic heterocycles. The first kappa shape index (κ1) is 18.1. The lowest BCUT2D eigenvalue weighted by Crippen LogP contribution is -2.43. The molecule has 1 aliphatic rings. The van der Waals surface area contributed by atoms with Crippen LogP contribution in [-0.2, 0) is 11.2 Å². The van der Waals surface area contributed by atoms with E-state index in [0.29, 0.717) is 19.5 Å². The minimum atomic E-state index is -0.307. The van der Waals surface area contributed by atoms with Crippen LogP contribution >= 0.6 is 0 Å². The maximum atomic E-state index is 12.7. The van der Waals surface area contributed by atoms with Gasteiger partial charge in [-0.1, -0.05) is 61.5 Å². The number of carbonyl (C=O) groups excluding carboxylic acids is 1. The molecule has 0 atom stereocenters. The van der Waals surface area contributed by atoms with Crippen molar-refractivity contribution in [1.29, 1.82) is 0 Å². The van der Waals surface area contributed by atoms with Crippen LogP contribution in [0.5, 0.6) is 0 Å². The van der Waals surface area contributed by atoms with Gasteiger partial charge in [0.1, 0.15) is 0 Å². The van der Waals surface area contributed by atoms with Crippen LogP contribution in [0.1, 0.15) is 39.5 Å². The van der Waals surface area contributed by atoms with Gasteiger partial charge in [-0.2, -0.15) is 0 Å². The van der Waals surface area contributed by atoms with E-state index in [4.69, 9.17) is 1.37 Å². The van der Waals surface area contributed by atoms with E-state index in [2.05, 4.69) is 54.6 Å². The molecule has 1 heterocycles. The van der Waals surface area contributed by atoms with E-state index in [0.717, 1.165) is 25.7 Å². The lowest BCUT2D eigenvalue weighted by atomic mass is 9.81. The van der Waals surface area contributed by atoms with Crippen LogP contribution in [0.2, 0.25) is 0 Å². The first-order valence-corrected chi connectivity index (χ1v) is 11.0. The van der Waals surface area contributed by atoms with Crippen LogP contribution in [-0.4, -0.2) is 35.6 Å². The molecule has 3 nitrogen and oxygen atoms in total. The largest absolute Gasteiger partial charge is 0.396 e. The summed E-state index contributed by atoms with van der Waals surface area (Å²) in [6.07, 6.45) is 3.74. The number of piperidine rings is 1. The molecule has 0 aliphatic carbocycles. The quantitative estimate of drug-likeness (QED) is 0.447. The number of rotatable bonds is 5. The molecule has 30 heavy (non-hydrogen) atoms. The normalized spacial score (nSPS) is 17.1. The van der Waals surface area contributed by atoms with Gasteiger partial charge in [-0.15, -0.1) is 0 Å². The smallest absolute Gasteiger partial charge is 0.222 e. The first-order valence-electron chi connectivity index (χ1n) is 11.7. The van der Waals surface area contributed by atoms with Crippen molar-refractivity contribution < 1.29 is 11.3 Å². The molecule has 1 fully saturated rings. The Morgan fingerprint density at radius 2 is 1.67 bits per heavy atom. The predicted molar refractivity (Wildman–Crippen MR) is 124 cm³/mol. The lowest BCUT2D eigenvalue weighted by molar-refractivity contribution is -0.133. The van der Waals surface area contributed by atoms with Gasteiger partial charge in [-0.25, -0.2) is 0 Å². The maximum absolute atomic E-state index is 12.7. The number of hydrogen-bond donors (Lipinski definition) is 1. The zero-order valence-corrected chi connectivity index (χ0v) is 17.4. The second kappa shape index (κ2) is 7.55. The van der Waals surface area contributed by atoms with E-state index in [1.54, 1.807) is 0 Å². The van der Waals surface area contributed by atoms with Crippen molar-refractivity contribution in [2.75, 3.05) is 19.7 Å². The third-order valence-corrected chi connectivity index (χ3v) is 6.97. The summed E-state index contributed by atoms with van der Waals surface area (Å²) in [5.41, 5.74) is 1.00. The van der Waals surface area contributed by atoms with Gasteiger partial charge in [0.2, 0.25) is 5.91 Å². The first-order chi connectivity index (χ1) is 15.1. The summed E-state index contributed by atoms with van der Waals surface area (Å²) >= 11 is 0. The number of aliphatic hydroxyl groups excluding tert-OH is 1. The van der Waals surface area contributed by atoms with E-state index in [1.165, 1.54) is 37.9 Å². The number of aliphatic hydroxyl groups is 1. The predicted octanol–water partition coefficient (Wildman–Crippen LogP) is 5.53. The number of likely N-dealkylation sites (tertiary alicyclic amines) is 1. The summed E-state index contributed by atoms with van der Waals surface area (Å²) in [5.74, 6) is 0.203. The molecular formula is C27H29NO2. The minimum absolute atomic E-state index is 0.0488. The highest BCUT2D eigenvalue weighted by molar-refractivity contribution is 6.23. The molecule has 0 unspecified atom stereocenters. The van der Waals surface area contributed by atoms with Crippen molar-refractivity contribution in [3.63, 3.8) is 0 Å². The van der Waals surface area contributed by atoms with Gasteiger partial charge in [0.25, 0.3) is 0 Å². The Balaban J connectivity index is 1.30. The monoisotopic (exact) mass is 401 g/mol. The Morgan fingerprint density at radius 3 is 2.37 bits per heavy atom. The number of hydrogen-bond acceptors (Lipinski definition) is 2. The zero-order valence-electron chi connectivity index (χ0n) is 18.4. The van der Waals surface area contributed by atoms with Crippen LogP contribution < -0.4 is 0 Å². The average Bonchev–Trinajstić information content (AvgIpc) is 2.83. The van der Waals surface area contributed by atoms with Gasteiger partial charge in [0.15, 0.2) is 0 Å². The Morgan fingerprint density at radius 1 is 1.00 bits per heavy atom. The number of benzene rings is 4. The maximum Gasteiger partial charge on any atom is 0.222 e. The second-order valence-corrected chi connectivity index (χ2v) is 8.97. The van der Waals surface area contributed by atoms with Crippen molar-refractivity contribution in [2.45, 2.75) is 39.0 Å². The summed E-state index contributed by atoms with van der Waals surface area (Å²) in [6, 6.07) is 19.8. The zero-order chi connectivity index (χ0) is 21.4. The number of carbonyl (C=O) groups is 1. The molecule has 3 heteroatoms.